The summed E-state index contributed by atoms with van der Waals surface area (Å²) in [5, 5.41) is 5.06. The van der Waals surface area contributed by atoms with Crippen LogP contribution in [0.15, 0.2) is 121 Å². The zero-order valence-electron chi connectivity index (χ0n) is 53.3. The number of hydrogen-bond donors (Lipinski definition) is 0. The molecule has 0 aliphatic heterocycles. The third-order valence-corrected chi connectivity index (χ3v) is 25.9. The van der Waals surface area contributed by atoms with E-state index in [9.17, 15) is 0 Å². The Bertz CT molecular complexity index is 4190. The molecule has 0 fully saturated rings. The molecular formula is C77H89N5S7. The van der Waals surface area contributed by atoms with Crippen molar-refractivity contribution >= 4 is 124 Å². The molecule has 0 radical (unpaired) electrons. The first-order valence-electron chi connectivity index (χ1n) is 33.9. The zero-order chi connectivity index (χ0) is 61.1. The van der Waals surface area contributed by atoms with Crippen LogP contribution in [0.1, 0.15) is 200 Å². The molecule has 5 nitrogen and oxygen atoms in total. The van der Waals surface area contributed by atoms with Crippen molar-refractivity contribution < 1.29 is 0 Å². The maximum atomic E-state index is 5.04. The number of fused-ring (bicyclic) bond motifs is 5. The Kier molecular flexibility index (Phi) is 22.2. The van der Waals surface area contributed by atoms with Gasteiger partial charge in [0.1, 0.15) is 22.1 Å². The summed E-state index contributed by atoms with van der Waals surface area (Å²) in [5.74, 6) is 1.40. The second-order valence-electron chi connectivity index (χ2n) is 25.1. The molecule has 0 aliphatic carbocycles. The highest BCUT2D eigenvalue weighted by molar-refractivity contribution is 7.25. The molecule has 0 amide bonds. The molecule has 12 heteroatoms. The Labute approximate surface area is 558 Å². The number of benzene rings is 4. The van der Waals surface area contributed by atoms with Crippen molar-refractivity contribution in [2.75, 3.05) is 0 Å². The average Bonchev–Trinajstić information content (AvgIpc) is 1.68. The number of nitrogens with zero attached hydrogens (tertiary/aromatic N) is 5. The van der Waals surface area contributed by atoms with Crippen LogP contribution in [0, 0.1) is 11.8 Å². The Morgan fingerprint density at radius 2 is 0.831 bits per heavy atom. The molecule has 2 atom stereocenters. The Balaban J connectivity index is 0.826. The van der Waals surface area contributed by atoms with Gasteiger partial charge in [0.15, 0.2) is 0 Å². The normalized spacial score (nSPS) is 12.8. The van der Waals surface area contributed by atoms with Crippen LogP contribution in [0.4, 0.5) is 0 Å². The van der Waals surface area contributed by atoms with Crippen molar-refractivity contribution in [3.8, 4) is 71.7 Å². The molecule has 12 rings (SSSR count). The van der Waals surface area contributed by atoms with Gasteiger partial charge < -0.3 is 4.57 Å². The fourth-order valence-electron chi connectivity index (χ4n) is 13.8. The van der Waals surface area contributed by atoms with Crippen LogP contribution >= 0.6 is 80.1 Å². The van der Waals surface area contributed by atoms with Crippen molar-refractivity contribution in [2.45, 2.75) is 202 Å². The summed E-state index contributed by atoms with van der Waals surface area (Å²) in [6.07, 6.45) is 30.9. The minimum absolute atomic E-state index is 0.497. The van der Waals surface area contributed by atoms with Gasteiger partial charge in [0.25, 0.3) is 0 Å². The molecule has 464 valence electrons. The summed E-state index contributed by atoms with van der Waals surface area (Å²) in [5.41, 5.74) is 15.6. The summed E-state index contributed by atoms with van der Waals surface area (Å²) in [7, 11) is 0. The maximum Gasteiger partial charge on any atom is 0.114 e. The number of thiophene rings is 5. The molecule has 0 saturated carbocycles. The smallest absolute Gasteiger partial charge is 0.114 e. The molecule has 0 aliphatic rings. The SMILES string of the molecule is CCCCCCCCC(CCCCCCCC)n1c2ccccc2c2ccc(-c3cc(CC(CC)CCCC)c(-c4ccc(-c5ccc(-c6ccc(-c7ccc(-c8ccc(-c9sccc9CC(CC)CCCC)s8)c8nsnc78)s6)c6nsnc56)s4)s3)cc21. The van der Waals surface area contributed by atoms with Crippen molar-refractivity contribution in [3.63, 3.8) is 0 Å². The van der Waals surface area contributed by atoms with E-state index in [2.05, 4.69) is 167 Å². The summed E-state index contributed by atoms with van der Waals surface area (Å²) < 4.78 is 22.7. The largest absolute Gasteiger partial charge is 0.337 e. The zero-order valence-corrected chi connectivity index (χ0v) is 59.1. The number of hydrogen-bond acceptors (Lipinski definition) is 11. The molecule has 0 spiro atoms. The number of unbranched alkanes of at least 4 members (excludes halogenated alkanes) is 12. The predicted octanol–water partition coefficient (Wildman–Crippen LogP) is 27.3. The highest BCUT2D eigenvalue weighted by Gasteiger charge is 2.25. The molecule has 89 heavy (non-hydrogen) atoms. The lowest BCUT2D eigenvalue weighted by molar-refractivity contribution is 0.410. The van der Waals surface area contributed by atoms with E-state index < -0.39 is 0 Å². The molecule has 4 aromatic carbocycles. The van der Waals surface area contributed by atoms with Crippen LogP contribution < -0.4 is 0 Å². The Hall–Kier alpha value is -5.18. The van der Waals surface area contributed by atoms with Crippen molar-refractivity contribution in [1.82, 2.24) is 22.1 Å². The quantitative estimate of drug-likeness (QED) is 0.0377. The molecule has 8 aromatic heterocycles. The van der Waals surface area contributed by atoms with Gasteiger partial charge in [0.05, 0.1) is 29.0 Å². The summed E-state index contributed by atoms with van der Waals surface area (Å²) in [6.45, 7) is 14.0. The van der Waals surface area contributed by atoms with Crippen LogP contribution in [-0.2, 0) is 12.8 Å². The van der Waals surface area contributed by atoms with Gasteiger partial charge in [-0.3, -0.25) is 0 Å². The Morgan fingerprint density at radius 3 is 1.36 bits per heavy atom. The average molecular weight is 1310 g/mol. The summed E-state index contributed by atoms with van der Waals surface area (Å²) >= 11 is 12.1. The van der Waals surface area contributed by atoms with Gasteiger partial charge in [0.2, 0.25) is 0 Å². The fourth-order valence-corrected chi connectivity index (χ4v) is 20.5. The standard InChI is InChI=1S/C77H89N5S7/c1-7-13-17-19-21-23-29-56(30-24-22-20-18-14-8-2)82-63-32-26-25-31-57(63)58-34-33-53(49-64(58)82)71-50-55(48-52(12-6)28-16-10-4)77(87-71)70-44-42-68(86-70)62-38-36-60(73-75(62)81-89-79-73)66-40-39-65(84-66)59-35-37-61(74-72(59)78-88-80-74)67-41-43-69(85-67)76-54(45-46-83-76)47-51(11-5)27-15-9-3/h25-26,31-46,49-52,56H,7-24,27-30,47-48H2,1-6H3. The van der Waals surface area contributed by atoms with Gasteiger partial charge in [0, 0.05) is 88.5 Å². The topological polar surface area (TPSA) is 56.5 Å². The van der Waals surface area contributed by atoms with Crippen molar-refractivity contribution in [1.29, 1.82) is 0 Å². The van der Waals surface area contributed by atoms with Gasteiger partial charge in [-0.25, -0.2) is 0 Å². The molecule has 2 unspecified atom stereocenters. The lowest BCUT2D eigenvalue weighted by atomic mass is 9.91. The van der Waals surface area contributed by atoms with E-state index in [4.69, 9.17) is 17.5 Å². The highest BCUT2D eigenvalue weighted by atomic mass is 32.1. The molecule has 0 N–H and O–H groups in total. The molecule has 0 bridgehead atoms. The van der Waals surface area contributed by atoms with Crippen LogP contribution in [-0.4, -0.2) is 22.1 Å². The molecule has 8 heterocycles. The molecular weight excluding hydrogens is 1220 g/mol. The van der Waals surface area contributed by atoms with E-state index in [1.807, 2.05) is 45.3 Å². The summed E-state index contributed by atoms with van der Waals surface area (Å²) in [4.78, 5) is 11.8. The first kappa shape index (κ1) is 63.9. The van der Waals surface area contributed by atoms with E-state index >= 15 is 0 Å². The van der Waals surface area contributed by atoms with Crippen LogP contribution in [0.2, 0.25) is 0 Å². The van der Waals surface area contributed by atoms with E-state index in [0.717, 1.165) is 63.1 Å². The van der Waals surface area contributed by atoms with Gasteiger partial charge in [-0.2, -0.15) is 17.5 Å². The van der Waals surface area contributed by atoms with Gasteiger partial charge in [-0.15, -0.1) is 56.7 Å². The third kappa shape index (κ3) is 14.4. The summed E-state index contributed by atoms with van der Waals surface area (Å²) in [6, 6.07) is 45.2. The predicted molar refractivity (Wildman–Crippen MR) is 398 cm³/mol. The van der Waals surface area contributed by atoms with E-state index in [0.29, 0.717) is 12.0 Å². The lowest BCUT2D eigenvalue weighted by Gasteiger charge is -2.22. The van der Waals surface area contributed by atoms with E-state index in [1.54, 1.807) is 11.3 Å². The third-order valence-electron chi connectivity index (χ3n) is 19.0. The van der Waals surface area contributed by atoms with Crippen molar-refractivity contribution in [2.24, 2.45) is 11.8 Å². The first-order chi connectivity index (χ1) is 43.9. The fraction of sp³-hybridized carbons (Fsp3) is 0.429. The van der Waals surface area contributed by atoms with Gasteiger partial charge >= 0.3 is 0 Å². The van der Waals surface area contributed by atoms with Crippen LogP contribution in [0.5, 0.6) is 0 Å². The maximum absolute atomic E-state index is 5.04. The minimum Gasteiger partial charge on any atom is -0.337 e. The van der Waals surface area contributed by atoms with Crippen molar-refractivity contribution in [3.05, 3.63) is 132 Å². The number of aromatic nitrogens is 5. The van der Waals surface area contributed by atoms with Gasteiger partial charge in [-0.1, -0.05) is 225 Å². The number of para-hydroxylation sites is 1. The van der Waals surface area contributed by atoms with Crippen LogP contribution in [0.25, 0.3) is 116 Å². The minimum atomic E-state index is 0.497. The second-order valence-corrected chi connectivity index (χ2v) is 31.4. The number of rotatable bonds is 34. The Morgan fingerprint density at radius 1 is 0.371 bits per heavy atom. The monoisotopic (exact) mass is 1310 g/mol. The van der Waals surface area contributed by atoms with E-state index in [-0.39, 0.29) is 0 Å². The molecule has 0 saturated heterocycles. The second kappa shape index (κ2) is 31.0. The van der Waals surface area contributed by atoms with Gasteiger partial charge in [-0.05, 0) is 120 Å². The van der Waals surface area contributed by atoms with E-state index in [1.165, 1.54) is 247 Å². The highest BCUT2D eigenvalue weighted by Crippen LogP contribution is 2.49. The first-order valence-corrected chi connectivity index (χ1v) is 39.5. The molecule has 12 aromatic rings. The van der Waals surface area contributed by atoms with Crippen LogP contribution in [0.3, 0.4) is 0 Å². The lowest BCUT2D eigenvalue weighted by Crippen LogP contribution is -2.09.